The van der Waals surface area contributed by atoms with Crippen LogP contribution in [0.5, 0.6) is 0 Å². The zero-order chi connectivity index (χ0) is 10.6. The number of rotatable bonds is 3. The highest BCUT2D eigenvalue weighted by Gasteiger charge is 2.32. The van der Waals surface area contributed by atoms with Crippen molar-refractivity contribution in [2.24, 2.45) is 0 Å². The lowest BCUT2D eigenvalue weighted by Crippen LogP contribution is -2.23. The lowest BCUT2D eigenvalue weighted by Gasteiger charge is -2.19. The maximum atomic E-state index is 11.7. The van der Waals surface area contributed by atoms with Crippen molar-refractivity contribution in [2.75, 3.05) is 5.75 Å². The zero-order valence-electron chi connectivity index (χ0n) is 8.29. The summed E-state index contributed by atoms with van der Waals surface area (Å²) in [5.41, 5.74) is 0.854. The van der Waals surface area contributed by atoms with Gasteiger partial charge in [-0.3, -0.25) is 4.79 Å². The van der Waals surface area contributed by atoms with Gasteiger partial charge in [0.25, 0.3) is 0 Å². The predicted molar refractivity (Wildman–Crippen MR) is 62.8 cm³/mol. The van der Waals surface area contributed by atoms with E-state index in [-0.39, 0.29) is 5.12 Å². The monoisotopic (exact) mass is 228 g/mol. The minimum Gasteiger partial charge on any atom is -0.285 e. The van der Waals surface area contributed by atoms with Gasteiger partial charge in [0.1, 0.15) is 4.87 Å². The molecule has 14 heavy (non-hydrogen) atoms. The predicted octanol–water partition coefficient (Wildman–Crippen LogP) is 3.42. The number of alkyl halides is 1. The molecule has 1 aromatic carbocycles. The summed E-state index contributed by atoms with van der Waals surface area (Å²) in [7, 11) is 0. The Kier molecular flexibility index (Phi) is 4.02. The summed E-state index contributed by atoms with van der Waals surface area (Å²) in [5, 5.41) is 0.00728. The third kappa shape index (κ3) is 2.52. The van der Waals surface area contributed by atoms with Gasteiger partial charge >= 0.3 is 0 Å². The van der Waals surface area contributed by atoms with E-state index in [2.05, 4.69) is 0 Å². The number of thioether (sulfide) groups is 1. The molecular weight excluding hydrogens is 216 g/mol. The van der Waals surface area contributed by atoms with Crippen molar-refractivity contribution in [2.45, 2.75) is 18.7 Å². The molecule has 0 bridgehead atoms. The number of halogens is 1. The molecule has 0 saturated heterocycles. The van der Waals surface area contributed by atoms with Gasteiger partial charge in [0, 0.05) is 0 Å². The SMILES string of the molecule is CCSC(=O)C(C)(Cl)c1ccccc1. The highest BCUT2D eigenvalue weighted by Crippen LogP contribution is 2.33. The summed E-state index contributed by atoms with van der Waals surface area (Å²) in [6.45, 7) is 3.69. The first-order chi connectivity index (χ1) is 6.59. The van der Waals surface area contributed by atoms with Gasteiger partial charge in [-0.25, -0.2) is 0 Å². The van der Waals surface area contributed by atoms with Crippen molar-refractivity contribution in [3.8, 4) is 0 Å². The molecule has 0 N–H and O–H groups in total. The fraction of sp³-hybridized carbons (Fsp3) is 0.364. The molecule has 1 rings (SSSR count). The summed E-state index contributed by atoms with van der Waals surface area (Å²) < 4.78 is 0. The number of carbonyl (C=O) groups excluding carboxylic acids is 1. The maximum Gasteiger partial charge on any atom is 0.214 e. The van der Waals surface area contributed by atoms with Gasteiger partial charge in [0.05, 0.1) is 0 Å². The van der Waals surface area contributed by atoms with Gasteiger partial charge < -0.3 is 0 Å². The number of hydrogen-bond donors (Lipinski definition) is 0. The topological polar surface area (TPSA) is 17.1 Å². The first kappa shape index (κ1) is 11.6. The standard InChI is InChI=1S/C11H13ClOS/c1-3-14-10(13)11(2,12)9-7-5-4-6-8-9/h4-8H,3H2,1-2H3. The van der Waals surface area contributed by atoms with Crippen molar-refractivity contribution >= 4 is 28.5 Å². The van der Waals surface area contributed by atoms with Gasteiger partial charge in [-0.15, -0.1) is 11.6 Å². The summed E-state index contributed by atoms with van der Waals surface area (Å²) in [5.74, 6) is 0.758. The van der Waals surface area contributed by atoms with Gasteiger partial charge in [0.15, 0.2) is 0 Å². The minimum absolute atomic E-state index is 0.00728. The van der Waals surface area contributed by atoms with Crippen LogP contribution in [0.25, 0.3) is 0 Å². The van der Waals surface area contributed by atoms with E-state index in [1.807, 2.05) is 37.3 Å². The molecule has 0 saturated carbocycles. The van der Waals surface area contributed by atoms with E-state index in [1.165, 1.54) is 11.8 Å². The van der Waals surface area contributed by atoms with Crippen LogP contribution in [0.3, 0.4) is 0 Å². The van der Waals surface area contributed by atoms with E-state index in [4.69, 9.17) is 11.6 Å². The Morgan fingerprint density at radius 3 is 2.50 bits per heavy atom. The van der Waals surface area contributed by atoms with E-state index in [9.17, 15) is 4.79 Å². The van der Waals surface area contributed by atoms with Gasteiger partial charge in [0.2, 0.25) is 5.12 Å². The number of carbonyl (C=O) groups is 1. The van der Waals surface area contributed by atoms with E-state index in [0.29, 0.717) is 0 Å². The average Bonchev–Trinajstić information content (AvgIpc) is 2.19. The first-order valence-corrected chi connectivity index (χ1v) is 5.87. The van der Waals surface area contributed by atoms with Gasteiger partial charge in [-0.2, -0.15) is 0 Å². The molecule has 0 aliphatic rings. The third-order valence-corrected chi connectivity index (χ3v) is 3.44. The van der Waals surface area contributed by atoms with Crippen LogP contribution in [0.4, 0.5) is 0 Å². The third-order valence-electron chi connectivity index (χ3n) is 1.97. The van der Waals surface area contributed by atoms with Crippen molar-refractivity contribution in [3.63, 3.8) is 0 Å². The Morgan fingerprint density at radius 1 is 1.43 bits per heavy atom. The summed E-state index contributed by atoms with van der Waals surface area (Å²) in [6.07, 6.45) is 0. The summed E-state index contributed by atoms with van der Waals surface area (Å²) in [4.78, 5) is 10.8. The quantitative estimate of drug-likeness (QED) is 0.738. The highest BCUT2D eigenvalue weighted by molar-refractivity contribution is 8.13. The number of benzene rings is 1. The molecule has 3 heteroatoms. The minimum atomic E-state index is -0.901. The first-order valence-electron chi connectivity index (χ1n) is 4.50. The van der Waals surface area contributed by atoms with Gasteiger partial charge in [-0.1, -0.05) is 49.0 Å². The van der Waals surface area contributed by atoms with Crippen molar-refractivity contribution in [3.05, 3.63) is 35.9 Å². The van der Waals surface area contributed by atoms with Crippen molar-refractivity contribution in [1.82, 2.24) is 0 Å². The van der Waals surface area contributed by atoms with Crippen LogP contribution in [-0.4, -0.2) is 10.9 Å². The van der Waals surface area contributed by atoms with E-state index < -0.39 is 4.87 Å². The molecule has 0 fully saturated rings. The summed E-state index contributed by atoms with van der Waals surface area (Å²) >= 11 is 7.48. The molecule has 1 unspecified atom stereocenters. The number of hydrogen-bond acceptors (Lipinski definition) is 2. The molecular formula is C11H13ClOS. The molecule has 1 atom stereocenters. The van der Waals surface area contributed by atoms with Gasteiger partial charge in [-0.05, 0) is 18.2 Å². The van der Waals surface area contributed by atoms with E-state index >= 15 is 0 Å². The molecule has 1 aromatic rings. The molecule has 0 heterocycles. The van der Waals surface area contributed by atoms with Crippen LogP contribution in [0.15, 0.2) is 30.3 Å². The van der Waals surface area contributed by atoms with Crippen molar-refractivity contribution < 1.29 is 4.79 Å². The lowest BCUT2D eigenvalue weighted by atomic mass is 10.0. The molecule has 0 aliphatic carbocycles. The molecule has 0 amide bonds. The van der Waals surface area contributed by atoms with Crippen LogP contribution in [0.2, 0.25) is 0 Å². The normalized spacial score (nSPS) is 14.8. The molecule has 0 aromatic heterocycles. The van der Waals surface area contributed by atoms with E-state index in [1.54, 1.807) is 6.92 Å². The Bertz CT molecular complexity index is 308. The Labute approximate surface area is 93.8 Å². The lowest BCUT2D eigenvalue weighted by molar-refractivity contribution is -0.113. The molecule has 1 nitrogen and oxygen atoms in total. The Balaban J connectivity index is 2.90. The summed E-state index contributed by atoms with van der Waals surface area (Å²) in [6, 6.07) is 9.44. The maximum absolute atomic E-state index is 11.7. The highest BCUT2D eigenvalue weighted by atomic mass is 35.5. The Hall–Kier alpha value is -0.470. The van der Waals surface area contributed by atoms with Crippen LogP contribution >= 0.6 is 23.4 Å². The second-order valence-electron chi connectivity index (χ2n) is 3.09. The van der Waals surface area contributed by atoms with Crippen LogP contribution in [0.1, 0.15) is 19.4 Å². The second kappa shape index (κ2) is 4.85. The second-order valence-corrected chi connectivity index (χ2v) is 5.08. The molecule has 76 valence electrons. The molecule has 0 spiro atoms. The smallest absolute Gasteiger partial charge is 0.214 e. The van der Waals surface area contributed by atoms with Crippen LogP contribution in [-0.2, 0) is 9.67 Å². The van der Waals surface area contributed by atoms with E-state index in [0.717, 1.165) is 11.3 Å². The van der Waals surface area contributed by atoms with Crippen LogP contribution in [0, 0.1) is 0 Å². The Morgan fingerprint density at radius 2 is 2.00 bits per heavy atom. The zero-order valence-corrected chi connectivity index (χ0v) is 9.86. The average molecular weight is 229 g/mol. The van der Waals surface area contributed by atoms with Crippen LogP contribution < -0.4 is 0 Å². The fourth-order valence-electron chi connectivity index (χ4n) is 1.14. The molecule has 0 radical (unpaired) electrons. The largest absolute Gasteiger partial charge is 0.285 e. The molecule has 0 aliphatic heterocycles. The fourth-order valence-corrected chi connectivity index (χ4v) is 2.08. The van der Waals surface area contributed by atoms with Crippen molar-refractivity contribution in [1.29, 1.82) is 0 Å².